The lowest BCUT2D eigenvalue weighted by atomic mass is 9.98. The molecule has 1 amide bonds. The van der Waals surface area contributed by atoms with Gasteiger partial charge >= 0.3 is 0 Å². The lowest BCUT2D eigenvalue weighted by Gasteiger charge is -2.14. The summed E-state index contributed by atoms with van der Waals surface area (Å²) in [6.07, 6.45) is 1.27. The highest BCUT2D eigenvalue weighted by molar-refractivity contribution is 6.05. The molecule has 3 heteroatoms. The van der Waals surface area contributed by atoms with Crippen molar-refractivity contribution in [3.63, 3.8) is 0 Å². The van der Waals surface area contributed by atoms with Crippen LogP contribution in [0.25, 0.3) is 0 Å². The van der Waals surface area contributed by atoms with Crippen molar-refractivity contribution in [2.45, 2.75) is 26.7 Å². The molecule has 3 nitrogen and oxygen atoms in total. The number of carbonyl (C=O) groups excluding carboxylic acids is 1. The SMILES string of the molecule is Cc1ccc(C2=NNC(=O)CC2)c(C)c1. The maximum Gasteiger partial charge on any atom is 0.240 e. The monoisotopic (exact) mass is 202 g/mol. The molecule has 1 aliphatic rings. The summed E-state index contributed by atoms with van der Waals surface area (Å²) in [4.78, 5) is 11.0. The zero-order chi connectivity index (χ0) is 10.8. The summed E-state index contributed by atoms with van der Waals surface area (Å²) in [5, 5.41) is 4.09. The predicted octanol–water partition coefficient (Wildman–Crippen LogP) is 1.92. The summed E-state index contributed by atoms with van der Waals surface area (Å²) in [5.41, 5.74) is 7.10. The third-order valence-electron chi connectivity index (χ3n) is 2.60. The molecular weight excluding hydrogens is 188 g/mol. The van der Waals surface area contributed by atoms with Crippen molar-refractivity contribution in [3.8, 4) is 0 Å². The van der Waals surface area contributed by atoms with Crippen LogP contribution in [0.2, 0.25) is 0 Å². The van der Waals surface area contributed by atoms with Gasteiger partial charge in [-0.1, -0.05) is 23.8 Å². The number of hydrazone groups is 1. The smallest absolute Gasteiger partial charge is 0.240 e. The Labute approximate surface area is 89.2 Å². The van der Waals surface area contributed by atoms with Gasteiger partial charge in [0.2, 0.25) is 5.91 Å². The molecule has 2 rings (SSSR count). The molecule has 0 saturated carbocycles. The average Bonchev–Trinajstić information content (AvgIpc) is 2.20. The van der Waals surface area contributed by atoms with Crippen molar-refractivity contribution in [2.24, 2.45) is 5.10 Å². The zero-order valence-corrected chi connectivity index (χ0v) is 9.00. The van der Waals surface area contributed by atoms with Gasteiger partial charge in [-0.2, -0.15) is 5.10 Å². The molecule has 0 atom stereocenters. The number of hydrogen-bond donors (Lipinski definition) is 1. The molecule has 0 aromatic heterocycles. The van der Waals surface area contributed by atoms with Crippen molar-refractivity contribution in [2.75, 3.05) is 0 Å². The van der Waals surface area contributed by atoms with Crippen LogP contribution >= 0.6 is 0 Å². The van der Waals surface area contributed by atoms with Crippen molar-refractivity contribution < 1.29 is 4.79 Å². The number of aryl methyl sites for hydroxylation is 2. The Morgan fingerprint density at radius 1 is 1.27 bits per heavy atom. The van der Waals surface area contributed by atoms with Crippen molar-refractivity contribution >= 4 is 11.6 Å². The lowest BCUT2D eigenvalue weighted by molar-refractivity contribution is -0.121. The van der Waals surface area contributed by atoms with Crippen molar-refractivity contribution in [1.82, 2.24) is 5.43 Å². The quantitative estimate of drug-likeness (QED) is 0.742. The molecule has 1 aromatic rings. The first-order chi connectivity index (χ1) is 7.16. The van der Waals surface area contributed by atoms with E-state index in [1.54, 1.807) is 0 Å². The Kier molecular flexibility index (Phi) is 2.54. The Hall–Kier alpha value is -1.64. The molecule has 1 aromatic carbocycles. The van der Waals surface area contributed by atoms with E-state index in [0.29, 0.717) is 6.42 Å². The van der Waals surface area contributed by atoms with E-state index < -0.39 is 0 Å². The highest BCUT2D eigenvalue weighted by Gasteiger charge is 2.14. The van der Waals surface area contributed by atoms with Gasteiger partial charge in [-0.25, -0.2) is 5.43 Å². The minimum atomic E-state index is 0.00325. The topological polar surface area (TPSA) is 41.5 Å². The minimum absolute atomic E-state index is 0.00325. The fraction of sp³-hybridized carbons (Fsp3) is 0.333. The number of rotatable bonds is 1. The molecular formula is C12H14N2O. The van der Waals surface area contributed by atoms with Crippen molar-refractivity contribution in [1.29, 1.82) is 0 Å². The number of hydrogen-bond acceptors (Lipinski definition) is 2. The van der Waals surface area contributed by atoms with Gasteiger partial charge in [-0.15, -0.1) is 0 Å². The van der Waals surface area contributed by atoms with Crippen LogP contribution in [0.1, 0.15) is 29.5 Å². The molecule has 78 valence electrons. The summed E-state index contributed by atoms with van der Waals surface area (Å²) in [6.45, 7) is 4.14. The molecule has 15 heavy (non-hydrogen) atoms. The molecule has 0 aliphatic carbocycles. The van der Waals surface area contributed by atoms with Gasteiger partial charge < -0.3 is 0 Å². The van der Waals surface area contributed by atoms with E-state index in [4.69, 9.17) is 0 Å². The predicted molar refractivity (Wildman–Crippen MR) is 59.8 cm³/mol. The number of carbonyl (C=O) groups is 1. The molecule has 0 saturated heterocycles. The fourth-order valence-corrected chi connectivity index (χ4v) is 1.81. The van der Waals surface area contributed by atoms with Gasteiger partial charge in [0.25, 0.3) is 0 Å². The molecule has 1 heterocycles. The Bertz CT molecular complexity index is 435. The second-order valence-corrected chi connectivity index (χ2v) is 3.91. The largest absolute Gasteiger partial charge is 0.273 e. The molecule has 0 unspecified atom stereocenters. The van der Waals surface area contributed by atoms with Crippen LogP contribution in [0.4, 0.5) is 0 Å². The molecule has 1 N–H and O–H groups in total. The van der Waals surface area contributed by atoms with E-state index in [9.17, 15) is 4.79 Å². The normalized spacial score (nSPS) is 15.9. The van der Waals surface area contributed by atoms with Crippen LogP contribution in [0.3, 0.4) is 0 Å². The number of amides is 1. The standard InChI is InChI=1S/C12H14N2O/c1-8-3-4-10(9(2)7-8)11-5-6-12(15)14-13-11/h3-4,7H,5-6H2,1-2H3,(H,14,15). The van der Waals surface area contributed by atoms with Gasteiger partial charge in [0.05, 0.1) is 5.71 Å². The summed E-state index contributed by atoms with van der Waals surface area (Å²) < 4.78 is 0. The van der Waals surface area contributed by atoms with Crippen LogP contribution in [-0.2, 0) is 4.79 Å². The summed E-state index contributed by atoms with van der Waals surface area (Å²) >= 11 is 0. The highest BCUT2D eigenvalue weighted by Crippen LogP contribution is 2.15. The second kappa shape index (κ2) is 3.85. The summed E-state index contributed by atoms with van der Waals surface area (Å²) in [7, 11) is 0. The van der Waals surface area contributed by atoms with Crippen LogP contribution in [-0.4, -0.2) is 11.6 Å². The van der Waals surface area contributed by atoms with Gasteiger partial charge in [0.15, 0.2) is 0 Å². The van der Waals surface area contributed by atoms with Gasteiger partial charge in [0, 0.05) is 18.4 Å². The van der Waals surface area contributed by atoms with E-state index in [0.717, 1.165) is 17.7 Å². The van der Waals surface area contributed by atoms with Crippen molar-refractivity contribution in [3.05, 3.63) is 34.9 Å². The van der Waals surface area contributed by atoms with Crippen LogP contribution in [0, 0.1) is 13.8 Å². The molecule has 0 spiro atoms. The minimum Gasteiger partial charge on any atom is -0.273 e. The third kappa shape index (κ3) is 2.06. The first-order valence-electron chi connectivity index (χ1n) is 5.10. The molecule has 1 aliphatic heterocycles. The maximum absolute atomic E-state index is 11.0. The summed E-state index contributed by atoms with van der Waals surface area (Å²) in [5.74, 6) is 0.00325. The van der Waals surface area contributed by atoms with E-state index in [1.807, 2.05) is 0 Å². The molecule has 0 bridgehead atoms. The van der Waals surface area contributed by atoms with E-state index >= 15 is 0 Å². The molecule has 0 radical (unpaired) electrons. The Balaban J connectivity index is 2.34. The van der Waals surface area contributed by atoms with Crippen LogP contribution in [0.5, 0.6) is 0 Å². The van der Waals surface area contributed by atoms with Crippen LogP contribution < -0.4 is 5.43 Å². The van der Waals surface area contributed by atoms with E-state index in [1.165, 1.54) is 11.1 Å². The first-order valence-corrected chi connectivity index (χ1v) is 5.10. The van der Waals surface area contributed by atoms with Gasteiger partial charge in [0.1, 0.15) is 0 Å². The van der Waals surface area contributed by atoms with E-state index in [2.05, 4.69) is 42.6 Å². The molecule has 0 fully saturated rings. The number of benzene rings is 1. The average molecular weight is 202 g/mol. The fourth-order valence-electron chi connectivity index (χ4n) is 1.81. The maximum atomic E-state index is 11.0. The number of nitrogens with zero attached hydrogens (tertiary/aromatic N) is 1. The first kappa shape index (κ1) is 9.90. The van der Waals surface area contributed by atoms with Crippen LogP contribution in [0.15, 0.2) is 23.3 Å². The Morgan fingerprint density at radius 3 is 2.67 bits per heavy atom. The highest BCUT2D eigenvalue weighted by atomic mass is 16.2. The van der Waals surface area contributed by atoms with Gasteiger partial charge in [-0.05, 0) is 19.4 Å². The number of nitrogens with one attached hydrogen (secondary N) is 1. The lowest BCUT2D eigenvalue weighted by Crippen LogP contribution is -2.26. The van der Waals surface area contributed by atoms with Gasteiger partial charge in [-0.3, -0.25) is 4.79 Å². The van der Waals surface area contributed by atoms with E-state index in [-0.39, 0.29) is 5.91 Å². The second-order valence-electron chi connectivity index (χ2n) is 3.91. The Morgan fingerprint density at radius 2 is 2.07 bits per heavy atom. The summed E-state index contributed by atoms with van der Waals surface area (Å²) in [6, 6.07) is 6.27. The third-order valence-corrected chi connectivity index (χ3v) is 2.60. The zero-order valence-electron chi connectivity index (χ0n) is 9.00.